The molecule has 0 aromatic carbocycles. The van der Waals surface area contributed by atoms with Gasteiger partial charge >= 0.3 is 0 Å². The number of hydrogen-bond acceptors (Lipinski definition) is 4. The monoisotopic (exact) mass is 183 g/mol. The van der Waals surface area contributed by atoms with Crippen LogP contribution in [0.2, 0.25) is 0 Å². The summed E-state index contributed by atoms with van der Waals surface area (Å²) in [5.74, 6) is 0.223. The van der Waals surface area contributed by atoms with Crippen LogP contribution in [0.3, 0.4) is 0 Å². The van der Waals surface area contributed by atoms with Crippen molar-refractivity contribution in [2.45, 2.75) is 19.9 Å². The quantitative estimate of drug-likeness (QED) is 0.651. The summed E-state index contributed by atoms with van der Waals surface area (Å²) in [4.78, 5) is 12.4. The number of nitrogens with two attached hydrogens (primary N) is 1. The highest BCUT2D eigenvalue weighted by atomic mass is 16.2. The number of amides is 1. The first kappa shape index (κ1) is 9.50. The van der Waals surface area contributed by atoms with Crippen LogP contribution in [0, 0.1) is 0 Å². The van der Waals surface area contributed by atoms with Crippen LogP contribution in [0.15, 0.2) is 6.20 Å². The van der Waals surface area contributed by atoms with Crippen molar-refractivity contribution < 1.29 is 4.79 Å². The van der Waals surface area contributed by atoms with E-state index >= 15 is 0 Å². The number of rotatable bonds is 4. The molecule has 6 nitrogen and oxygen atoms in total. The first-order valence-corrected chi connectivity index (χ1v) is 4.14. The summed E-state index contributed by atoms with van der Waals surface area (Å²) in [5.41, 5.74) is 5.33. The maximum atomic E-state index is 11.1. The summed E-state index contributed by atoms with van der Waals surface area (Å²) in [6.45, 7) is 2.79. The zero-order chi connectivity index (χ0) is 9.68. The molecule has 6 heteroatoms. The highest BCUT2D eigenvalue weighted by Crippen LogP contribution is 1.89. The van der Waals surface area contributed by atoms with Gasteiger partial charge in [-0.25, -0.2) is 0 Å². The topological polar surface area (TPSA) is 85.8 Å². The summed E-state index contributed by atoms with van der Waals surface area (Å²) >= 11 is 0. The lowest BCUT2D eigenvalue weighted by molar-refractivity contribution is -0.122. The van der Waals surface area contributed by atoms with Crippen molar-refractivity contribution >= 4 is 11.7 Å². The van der Waals surface area contributed by atoms with Crippen molar-refractivity contribution in [1.82, 2.24) is 20.3 Å². The summed E-state index contributed by atoms with van der Waals surface area (Å²) in [6.07, 6.45) is 2.33. The zero-order valence-electron chi connectivity index (χ0n) is 7.53. The number of aromatic nitrogens is 3. The maximum absolute atomic E-state index is 11.1. The fraction of sp³-hybridized carbons (Fsp3) is 0.571. The third-order valence-electron chi connectivity index (χ3n) is 1.41. The normalized spacial score (nSPS) is 9.92. The number of nitrogens with zero attached hydrogens (tertiary/aromatic N) is 3. The van der Waals surface area contributed by atoms with E-state index in [0.717, 1.165) is 6.42 Å². The Bertz CT molecular complexity index is 282. The smallest absolute Gasteiger partial charge is 0.243 e. The number of hydrogen-bond donors (Lipinski definition) is 2. The van der Waals surface area contributed by atoms with Crippen LogP contribution in [0.25, 0.3) is 0 Å². The summed E-state index contributed by atoms with van der Waals surface area (Å²) in [6, 6.07) is 0. The van der Waals surface area contributed by atoms with Gasteiger partial charge in [0.25, 0.3) is 0 Å². The van der Waals surface area contributed by atoms with Gasteiger partial charge in [-0.1, -0.05) is 6.92 Å². The van der Waals surface area contributed by atoms with Crippen molar-refractivity contribution in [2.24, 2.45) is 0 Å². The van der Waals surface area contributed by atoms with Crippen molar-refractivity contribution in [3.05, 3.63) is 6.20 Å². The first-order chi connectivity index (χ1) is 6.22. The van der Waals surface area contributed by atoms with Crippen LogP contribution in [-0.2, 0) is 11.3 Å². The first-order valence-electron chi connectivity index (χ1n) is 4.14. The van der Waals surface area contributed by atoms with Gasteiger partial charge in [0, 0.05) is 6.54 Å². The molecule has 72 valence electrons. The van der Waals surface area contributed by atoms with Crippen molar-refractivity contribution in [2.75, 3.05) is 12.3 Å². The number of carbonyl (C=O) groups excluding carboxylic acids is 1. The van der Waals surface area contributed by atoms with E-state index in [1.54, 1.807) is 0 Å². The van der Waals surface area contributed by atoms with Crippen molar-refractivity contribution in [3.8, 4) is 0 Å². The van der Waals surface area contributed by atoms with Gasteiger partial charge in [-0.05, 0) is 6.42 Å². The Hall–Kier alpha value is -1.59. The Labute approximate surface area is 76.1 Å². The van der Waals surface area contributed by atoms with Crippen molar-refractivity contribution in [3.63, 3.8) is 0 Å². The predicted molar refractivity (Wildman–Crippen MR) is 47.7 cm³/mol. The van der Waals surface area contributed by atoms with Crippen LogP contribution in [0.4, 0.5) is 5.82 Å². The standard InChI is InChI=1S/C7H13N5O/c1-2-3-9-7(13)5-12-10-4-6(8)11-12/h4H,2-3,5H2,1H3,(H2,8,11)(H,9,13). The highest BCUT2D eigenvalue weighted by Gasteiger charge is 2.03. The van der Waals surface area contributed by atoms with Gasteiger partial charge in [0.1, 0.15) is 6.54 Å². The molecule has 1 rings (SSSR count). The fourth-order valence-electron chi connectivity index (χ4n) is 0.836. The van der Waals surface area contributed by atoms with E-state index < -0.39 is 0 Å². The SMILES string of the molecule is CCCNC(=O)Cn1ncc(N)n1. The third-order valence-corrected chi connectivity index (χ3v) is 1.41. The molecule has 1 heterocycles. The Kier molecular flexibility index (Phi) is 3.24. The zero-order valence-corrected chi connectivity index (χ0v) is 7.53. The molecule has 0 aliphatic rings. The Morgan fingerprint density at radius 3 is 3.08 bits per heavy atom. The highest BCUT2D eigenvalue weighted by molar-refractivity contribution is 5.75. The minimum absolute atomic E-state index is 0.0996. The molecule has 0 fully saturated rings. The van der Waals surface area contributed by atoms with E-state index in [4.69, 9.17) is 5.73 Å². The molecule has 3 N–H and O–H groups in total. The van der Waals surface area contributed by atoms with E-state index in [1.807, 2.05) is 6.92 Å². The van der Waals surface area contributed by atoms with Crippen LogP contribution in [0.1, 0.15) is 13.3 Å². The molecule has 0 radical (unpaired) electrons. The summed E-state index contributed by atoms with van der Waals surface area (Å²) < 4.78 is 0. The van der Waals surface area contributed by atoms with E-state index in [1.165, 1.54) is 11.0 Å². The predicted octanol–water partition coefficient (Wildman–Crippen LogP) is -0.613. The van der Waals surface area contributed by atoms with Gasteiger partial charge < -0.3 is 11.1 Å². The second-order valence-electron chi connectivity index (χ2n) is 2.65. The largest absolute Gasteiger partial charge is 0.381 e. The number of carbonyl (C=O) groups is 1. The maximum Gasteiger partial charge on any atom is 0.243 e. The van der Waals surface area contributed by atoms with E-state index in [9.17, 15) is 4.79 Å². The van der Waals surface area contributed by atoms with E-state index in [2.05, 4.69) is 15.5 Å². The minimum Gasteiger partial charge on any atom is -0.381 e. The molecule has 0 saturated carbocycles. The number of nitrogen functional groups attached to an aromatic ring is 1. The molecule has 0 aliphatic heterocycles. The Morgan fingerprint density at radius 2 is 2.54 bits per heavy atom. The molecule has 0 spiro atoms. The van der Waals surface area contributed by atoms with Crippen molar-refractivity contribution in [1.29, 1.82) is 0 Å². The Morgan fingerprint density at radius 1 is 1.77 bits per heavy atom. The van der Waals surface area contributed by atoms with Crippen LogP contribution in [-0.4, -0.2) is 27.4 Å². The molecule has 13 heavy (non-hydrogen) atoms. The van der Waals surface area contributed by atoms with Gasteiger partial charge in [-0.2, -0.15) is 9.90 Å². The molecule has 1 aromatic rings. The molecule has 1 aromatic heterocycles. The molecule has 0 unspecified atom stereocenters. The van der Waals surface area contributed by atoms with Gasteiger partial charge in [0.05, 0.1) is 6.20 Å². The molecular weight excluding hydrogens is 170 g/mol. The van der Waals surface area contributed by atoms with E-state index in [-0.39, 0.29) is 12.5 Å². The summed E-state index contributed by atoms with van der Waals surface area (Å²) in [5, 5.41) is 10.3. The second kappa shape index (κ2) is 4.44. The van der Waals surface area contributed by atoms with Gasteiger partial charge in [0.15, 0.2) is 5.82 Å². The van der Waals surface area contributed by atoms with Crippen LogP contribution < -0.4 is 11.1 Å². The van der Waals surface area contributed by atoms with Crippen LogP contribution in [0.5, 0.6) is 0 Å². The van der Waals surface area contributed by atoms with Gasteiger partial charge in [-0.3, -0.25) is 4.79 Å². The summed E-state index contributed by atoms with van der Waals surface area (Å²) in [7, 11) is 0. The Balaban J connectivity index is 2.36. The molecular formula is C7H13N5O. The van der Waals surface area contributed by atoms with Crippen LogP contribution >= 0.6 is 0 Å². The lowest BCUT2D eigenvalue weighted by Gasteiger charge is -2.01. The lowest BCUT2D eigenvalue weighted by Crippen LogP contribution is -2.28. The van der Waals surface area contributed by atoms with Gasteiger partial charge in [0.2, 0.25) is 5.91 Å². The molecule has 0 saturated heterocycles. The molecule has 0 aliphatic carbocycles. The second-order valence-corrected chi connectivity index (χ2v) is 2.65. The average molecular weight is 183 g/mol. The lowest BCUT2D eigenvalue weighted by atomic mass is 10.4. The molecule has 1 amide bonds. The third kappa shape index (κ3) is 3.10. The fourth-order valence-corrected chi connectivity index (χ4v) is 0.836. The van der Waals surface area contributed by atoms with Gasteiger partial charge in [-0.15, -0.1) is 5.10 Å². The number of nitrogens with one attached hydrogen (secondary N) is 1. The van der Waals surface area contributed by atoms with E-state index in [0.29, 0.717) is 12.4 Å². The molecule has 0 atom stereocenters. The number of anilines is 1. The average Bonchev–Trinajstić information content (AvgIpc) is 2.48. The molecule has 0 bridgehead atoms. The minimum atomic E-state index is -0.0996.